The molecular formula is C24H29N5O. The van der Waals surface area contributed by atoms with Gasteiger partial charge in [0.2, 0.25) is 11.9 Å². The number of fused-ring (bicyclic) bond motifs is 1. The highest BCUT2D eigenvalue weighted by Crippen LogP contribution is 2.25. The van der Waals surface area contributed by atoms with Crippen molar-refractivity contribution in [1.82, 2.24) is 19.8 Å². The van der Waals surface area contributed by atoms with Crippen LogP contribution in [0.15, 0.2) is 54.6 Å². The first-order valence-electron chi connectivity index (χ1n) is 11.0. The average Bonchev–Trinajstić information content (AvgIpc) is 3.24. The van der Waals surface area contributed by atoms with Gasteiger partial charge in [0.1, 0.15) is 0 Å². The van der Waals surface area contributed by atoms with Gasteiger partial charge in [-0.1, -0.05) is 42.5 Å². The molecule has 0 unspecified atom stereocenters. The summed E-state index contributed by atoms with van der Waals surface area (Å²) in [6, 6.07) is 18.7. The summed E-state index contributed by atoms with van der Waals surface area (Å²) in [7, 11) is 0. The van der Waals surface area contributed by atoms with Crippen LogP contribution in [0.2, 0.25) is 0 Å². The molecule has 0 spiro atoms. The third-order valence-corrected chi connectivity index (χ3v) is 6.45. The number of carbonyl (C=O) groups excluding carboxylic acids is 1. The summed E-state index contributed by atoms with van der Waals surface area (Å²) < 4.78 is 0. The second-order valence-corrected chi connectivity index (χ2v) is 8.43. The van der Waals surface area contributed by atoms with Crippen molar-refractivity contribution in [3.8, 4) is 0 Å². The van der Waals surface area contributed by atoms with E-state index in [9.17, 15) is 4.79 Å². The number of rotatable bonds is 4. The van der Waals surface area contributed by atoms with Crippen LogP contribution in [0.5, 0.6) is 0 Å². The molecule has 2 aliphatic heterocycles. The van der Waals surface area contributed by atoms with Crippen molar-refractivity contribution in [3.05, 3.63) is 60.2 Å². The summed E-state index contributed by atoms with van der Waals surface area (Å²) in [5.41, 5.74) is 3.41. The summed E-state index contributed by atoms with van der Waals surface area (Å²) in [6.45, 7) is 6.33. The van der Waals surface area contributed by atoms with Crippen molar-refractivity contribution in [2.24, 2.45) is 5.92 Å². The van der Waals surface area contributed by atoms with E-state index in [2.05, 4.69) is 56.1 Å². The number of amides is 1. The SMILES string of the molecule is O=C(C1CCN(c2nc3ccccc3[nH]2)CC1)N1CCN(Cc2ccccc2)CC1. The molecular weight excluding hydrogens is 374 g/mol. The van der Waals surface area contributed by atoms with Crippen molar-refractivity contribution >= 4 is 22.9 Å². The largest absolute Gasteiger partial charge is 0.342 e. The second kappa shape index (κ2) is 8.48. The topological polar surface area (TPSA) is 55.5 Å². The molecule has 0 saturated carbocycles. The predicted molar refractivity (Wildman–Crippen MR) is 119 cm³/mol. The minimum absolute atomic E-state index is 0.145. The number of para-hydroxylation sites is 2. The van der Waals surface area contributed by atoms with Gasteiger partial charge in [0.05, 0.1) is 11.0 Å². The molecule has 6 nitrogen and oxygen atoms in total. The summed E-state index contributed by atoms with van der Waals surface area (Å²) in [5.74, 6) is 1.42. The Morgan fingerprint density at radius 3 is 2.33 bits per heavy atom. The molecule has 2 saturated heterocycles. The van der Waals surface area contributed by atoms with E-state index in [4.69, 9.17) is 4.98 Å². The molecule has 2 aliphatic rings. The van der Waals surface area contributed by atoms with Crippen LogP contribution >= 0.6 is 0 Å². The molecule has 0 radical (unpaired) electrons. The lowest BCUT2D eigenvalue weighted by Crippen LogP contribution is -2.51. The molecule has 1 amide bonds. The first-order chi connectivity index (χ1) is 14.8. The fourth-order valence-electron chi connectivity index (χ4n) is 4.65. The van der Waals surface area contributed by atoms with E-state index in [0.717, 1.165) is 75.6 Å². The van der Waals surface area contributed by atoms with Crippen LogP contribution in [-0.2, 0) is 11.3 Å². The van der Waals surface area contributed by atoms with E-state index in [1.807, 2.05) is 18.2 Å². The van der Waals surface area contributed by atoms with Gasteiger partial charge in [-0.3, -0.25) is 9.69 Å². The van der Waals surface area contributed by atoms with Crippen molar-refractivity contribution in [2.75, 3.05) is 44.2 Å². The Morgan fingerprint density at radius 1 is 0.900 bits per heavy atom. The Labute approximate surface area is 177 Å². The Morgan fingerprint density at radius 2 is 1.60 bits per heavy atom. The molecule has 0 bridgehead atoms. The van der Waals surface area contributed by atoms with Gasteiger partial charge >= 0.3 is 0 Å². The number of hydrogen-bond donors (Lipinski definition) is 1. The lowest BCUT2D eigenvalue weighted by molar-refractivity contribution is -0.138. The normalized spacial score (nSPS) is 18.8. The lowest BCUT2D eigenvalue weighted by Gasteiger charge is -2.38. The van der Waals surface area contributed by atoms with Gasteiger partial charge in [-0.15, -0.1) is 0 Å². The maximum absolute atomic E-state index is 13.1. The number of aromatic amines is 1. The number of anilines is 1. The number of nitrogens with one attached hydrogen (secondary N) is 1. The number of piperazine rings is 1. The van der Waals surface area contributed by atoms with Crippen LogP contribution in [0, 0.1) is 5.92 Å². The second-order valence-electron chi connectivity index (χ2n) is 8.43. The Kier molecular flexibility index (Phi) is 5.41. The van der Waals surface area contributed by atoms with Crippen LogP contribution < -0.4 is 4.90 Å². The molecule has 2 aromatic carbocycles. The zero-order valence-corrected chi connectivity index (χ0v) is 17.3. The molecule has 30 heavy (non-hydrogen) atoms. The van der Waals surface area contributed by atoms with Crippen molar-refractivity contribution in [2.45, 2.75) is 19.4 Å². The smallest absolute Gasteiger partial charge is 0.225 e. The standard InChI is InChI=1S/C24H29N5O/c30-23(28-16-14-27(15-17-28)18-19-6-2-1-3-7-19)20-10-12-29(13-11-20)24-25-21-8-4-5-9-22(21)26-24/h1-9,20H,10-18H2,(H,25,26). The van der Waals surface area contributed by atoms with Crippen LogP contribution in [0.1, 0.15) is 18.4 Å². The number of imidazole rings is 1. The van der Waals surface area contributed by atoms with Crippen LogP contribution in [0.4, 0.5) is 5.95 Å². The zero-order chi connectivity index (χ0) is 20.3. The van der Waals surface area contributed by atoms with Gasteiger partial charge in [0, 0.05) is 51.7 Å². The molecule has 6 heteroatoms. The maximum atomic E-state index is 13.1. The van der Waals surface area contributed by atoms with Crippen molar-refractivity contribution in [1.29, 1.82) is 0 Å². The first kappa shape index (κ1) is 19.1. The molecule has 3 aromatic rings. The number of hydrogen-bond acceptors (Lipinski definition) is 4. The molecule has 3 heterocycles. The Balaban J connectivity index is 1.12. The highest BCUT2D eigenvalue weighted by molar-refractivity contribution is 5.80. The molecule has 1 N–H and O–H groups in total. The molecule has 2 fully saturated rings. The first-order valence-corrected chi connectivity index (χ1v) is 11.0. The maximum Gasteiger partial charge on any atom is 0.225 e. The Hall–Kier alpha value is -2.86. The van der Waals surface area contributed by atoms with Gasteiger partial charge in [0.25, 0.3) is 0 Å². The summed E-state index contributed by atoms with van der Waals surface area (Å²) >= 11 is 0. The van der Waals surface area contributed by atoms with E-state index in [-0.39, 0.29) is 5.92 Å². The summed E-state index contributed by atoms with van der Waals surface area (Å²) in [6.07, 6.45) is 1.81. The monoisotopic (exact) mass is 403 g/mol. The number of aromatic nitrogens is 2. The number of carbonyl (C=O) groups is 1. The number of benzene rings is 2. The number of H-pyrrole nitrogens is 1. The molecule has 1 aromatic heterocycles. The quantitative estimate of drug-likeness (QED) is 0.727. The molecule has 0 atom stereocenters. The van der Waals surface area contributed by atoms with Gasteiger partial charge in [-0.2, -0.15) is 0 Å². The van der Waals surface area contributed by atoms with Crippen LogP contribution in [0.25, 0.3) is 11.0 Å². The van der Waals surface area contributed by atoms with Gasteiger partial charge in [0.15, 0.2) is 0 Å². The highest BCUT2D eigenvalue weighted by atomic mass is 16.2. The fourth-order valence-corrected chi connectivity index (χ4v) is 4.65. The molecule has 5 rings (SSSR count). The van der Waals surface area contributed by atoms with E-state index < -0.39 is 0 Å². The average molecular weight is 404 g/mol. The summed E-state index contributed by atoms with van der Waals surface area (Å²) in [5, 5.41) is 0. The van der Waals surface area contributed by atoms with E-state index in [1.165, 1.54) is 5.56 Å². The minimum Gasteiger partial charge on any atom is -0.342 e. The number of piperidine rings is 1. The molecule has 156 valence electrons. The van der Waals surface area contributed by atoms with Gasteiger partial charge < -0.3 is 14.8 Å². The van der Waals surface area contributed by atoms with E-state index in [1.54, 1.807) is 0 Å². The van der Waals surface area contributed by atoms with Crippen molar-refractivity contribution < 1.29 is 4.79 Å². The third kappa shape index (κ3) is 4.05. The Bertz CT molecular complexity index is 952. The lowest BCUT2D eigenvalue weighted by atomic mass is 9.95. The van der Waals surface area contributed by atoms with Gasteiger partial charge in [-0.25, -0.2) is 4.98 Å². The van der Waals surface area contributed by atoms with Crippen LogP contribution in [-0.4, -0.2) is 64.9 Å². The summed E-state index contributed by atoms with van der Waals surface area (Å²) in [4.78, 5) is 28.0. The van der Waals surface area contributed by atoms with Crippen LogP contribution in [0.3, 0.4) is 0 Å². The minimum atomic E-state index is 0.145. The third-order valence-electron chi connectivity index (χ3n) is 6.45. The van der Waals surface area contributed by atoms with E-state index in [0.29, 0.717) is 5.91 Å². The molecule has 0 aliphatic carbocycles. The van der Waals surface area contributed by atoms with E-state index >= 15 is 0 Å². The van der Waals surface area contributed by atoms with Gasteiger partial charge in [-0.05, 0) is 30.5 Å². The zero-order valence-electron chi connectivity index (χ0n) is 17.3. The predicted octanol–water partition coefficient (Wildman–Crippen LogP) is 3.12. The fraction of sp³-hybridized carbons (Fsp3) is 0.417. The number of nitrogens with zero attached hydrogens (tertiary/aromatic N) is 4. The highest BCUT2D eigenvalue weighted by Gasteiger charge is 2.31. The van der Waals surface area contributed by atoms with Crippen molar-refractivity contribution in [3.63, 3.8) is 0 Å².